The monoisotopic (exact) mass is 378 g/mol. The predicted molar refractivity (Wildman–Crippen MR) is 99.5 cm³/mol. The van der Waals surface area contributed by atoms with Crippen LogP contribution in [0.2, 0.25) is 5.02 Å². The average molecular weight is 379 g/mol. The number of amides is 1. The first-order valence-electron chi connectivity index (χ1n) is 8.03. The van der Waals surface area contributed by atoms with E-state index in [1.807, 2.05) is 19.1 Å². The van der Waals surface area contributed by atoms with Gasteiger partial charge in [0.05, 0.1) is 17.5 Å². The molecule has 5 nitrogen and oxygen atoms in total. The largest absolute Gasteiger partial charge is 0.346 e. The minimum Gasteiger partial charge on any atom is -0.346 e. The molecule has 1 aliphatic rings. The maximum atomic E-state index is 12.5. The zero-order valence-corrected chi connectivity index (χ0v) is 15.3. The van der Waals surface area contributed by atoms with Gasteiger partial charge in [0.1, 0.15) is 0 Å². The second-order valence-electron chi connectivity index (χ2n) is 6.04. The fraction of sp³-hybridized carbons (Fsp3) is 0.278. The molecule has 0 radical (unpaired) electrons. The summed E-state index contributed by atoms with van der Waals surface area (Å²) >= 11 is 5.88. The highest BCUT2D eigenvalue weighted by atomic mass is 35.5. The number of carbonyl (C=O) groups excluding carboxylic acids is 1. The summed E-state index contributed by atoms with van der Waals surface area (Å²) in [5.74, 6) is -0.0993. The number of nitrogens with zero attached hydrogens (tertiary/aromatic N) is 1. The van der Waals surface area contributed by atoms with Crippen molar-refractivity contribution in [2.45, 2.75) is 19.4 Å². The van der Waals surface area contributed by atoms with Gasteiger partial charge in [-0.1, -0.05) is 29.8 Å². The number of rotatable bonds is 4. The Hall–Kier alpha value is -2.05. The van der Waals surface area contributed by atoms with Gasteiger partial charge in [-0.15, -0.1) is 0 Å². The molecule has 1 fully saturated rings. The van der Waals surface area contributed by atoms with E-state index in [4.69, 9.17) is 11.6 Å². The lowest BCUT2D eigenvalue weighted by atomic mass is 10.1. The standard InChI is InChI=1S/C18H19ClN2O3S/c1-13(14-6-8-16(19)9-7-14)20-18(22)15-4-2-5-17(12-15)21-10-3-11-25(21,23)24/h2,4-9,12-13H,3,10-11H2,1H3,(H,20,22)/t13-/m1/s1. The highest BCUT2D eigenvalue weighted by molar-refractivity contribution is 7.93. The number of carbonyl (C=O) groups is 1. The molecule has 3 rings (SSSR count). The molecule has 0 aliphatic carbocycles. The third kappa shape index (κ3) is 3.96. The fourth-order valence-corrected chi connectivity index (χ4v) is 4.53. The van der Waals surface area contributed by atoms with Gasteiger partial charge in [0.15, 0.2) is 0 Å². The Morgan fingerprint density at radius 3 is 2.56 bits per heavy atom. The van der Waals surface area contributed by atoms with Crippen LogP contribution in [0, 0.1) is 0 Å². The molecule has 1 saturated heterocycles. The Morgan fingerprint density at radius 1 is 1.20 bits per heavy atom. The highest BCUT2D eigenvalue weighted by Gasteiger charge is 2.28. The number of nitrogens with one attached hydrogen (secondary N) is 1. The van der Waals surface area contributed by atoms with E-state index in [1.54, 1.807) is 36.4 Å². The molecule has 7 heteroatoms. The van der Waals surface area contributed by atoms with Crippen LogP contribution in [-0.4, -0.2) is 26.6 Å². The first-order chi connectivity index (χ1) is 11.9. The van der Waals surface area contributed by atoms with E-state index in [9.17, 15) is 13.2 Å². The van der Waals surface area contributed by atoms with Crippen LogP contribution in [0.3, 0.4) is 0 Å². The SMILES string of the molecule is C[C@@H](NC(=O)c1cccc(N2CCCS2(=O)=O)c1)c1ccc(Cl)cc1. The third-order valence-electron chi connectivity index (χ3n) is 4.21. The van der Waals surface area contributed by atoms with Crippen LogP contribution in [0.15, 0.2) is 48.5 Å². The topological polar surface area (TPSA) is 66.5 Å². The van der Waals surface area contributed by atoms with E-state index in [0.29, 0.717) is 29.2 Å². The fourth-order valence-electron chi connectivity index (χ4n) is 2.85. The first kappa shape index (κ1) is 17.8. The lowest BCUT2D eigenvalue weighted by molar-refractivity contribution is 0.0940. The summed E-state index contributed by atoms with van der Waals surface area (Å²) in [4.78, 5) is 12.5. The maximum Gasteiger partial charge on any atom is 0.251 e. The van der Waals surface area contributed by atoms with Crippen molar-refractivity contribution in [2.75, 3.05) is 16.6 Å². The Balaban J connectivity index is 1.76. The molecule has 1 aliphatic heterocycles. The van der Waals surface area contributed by atoms with Crippen LogP contribution in [0.4, 0.5) is 5.69 Å². The van der Waals surface area contributed by atoms with Gasteiger partial charge in [-0.3, -0.25) is 9.10 Å². The van der Waals surface area contributed by atoms with Crippen molar-refractivity contribution in [3.63, 3.8) is 0 Å². The van der Waals surface area contributed by atoms with Crippen LogP contribution in [0.25, 0.3) is 0 Å². The quantitative estimate of drug-likeness (QED) is 0.886. The van der Waals surface area contributed by atoms with Crippen molar-refractivity contribution in [1.29, 1.82) is 0 Å². The molecule has 0 bridgehead atoms. The van der Waals surface area contributed by atoms with Crippen molar-refractivity contribution in [1.82, 2.24) is 5.32 Å². The highest BCUT2D eigenvalue weighted by Crippen LogP contribution is 2.25. The zero-order valence-electron chi connectivity index (χ0n) is 13.8. The van der Waals surface area contributed by atoms with E-state index in [2.05, 4.69) is 5.32 Å². The van der Waals surface area contributed by atoms with Gasteiger partial charge in [-0.2, -0.15) is 0 Å². The Bertz CT molecular complexity index is 881. The van der Waals surface area contributed by atoms with Gasteiger partial charge >= 0.3 is 0 Å². The van der Waals surface area contributed by atoms with E-state index in [1.165, 1.54) is 4.31 Å². The normalized spacial score (nSPS) is 17.3. The van der Waals surface area contributed by atoms with Crippen LogP contribution < -0.4 is 9.62 Å². The van der Waals surface area contributed by atoms with Crippen molar-refractivity contribution in [3.8, 4) is 0 Å². The van der Waals surface area contributed by atoms with Crippen molar-refractivity contribution in [3.05, 3.63) is 64.7 Å². The number of sulfonamides is 1. The minimum absolute atomic E-state index is 0.150. The summed E-state index contributed by atoms with van der Waals surface area (Å²) in [7, 11) is -3.26. The summed E-state index contributed by atoms with van der Waals surface area (Å²) in [5.41, 5.74) is 1.90. The number of hydrogen-bond acceptors (Lipinski definition) is 3. The van der Waals surface area contributed by atoms with E-state index in [-0.39, 0.29) is 17.7 Å². The smallest absolute Gasteiger partial charge is 0.251 e. The molecule has 0 aromatic heterocycles. The molecule has 25 heavy (non-hydrogen) atoms. The first-order valence-corrected chi connectivity index (χ1v) is 10.0. The second-order valence-corrected chi connectivity index (χ2v) is 8.49. The molecule has 1 heterocycles. The Kier molecular flexibility index (Phi) is 5.01. The lowest BCUT2D eigenvalue weighted by Crippen LogP contribution is -2.28. The van der Waals surface area contributed by atoms with Gasteiger partial charge in [-0.05, 0) is 49.2 Å². The molecule has 0 spiro atoms. The summed E-state index contributed by atoms with van der Waals surface area (Å²) in [6.45, 7) is 2.34. The minimum atomic E-state index is -3.26. The van der Waals surface area contributed by atoms with Gasteiger partial charge in [-0.25, -0.2) is 8.42 Å². The molecular formula is C18H19ClN2O3S. The number of anilines is 1. The van der Waals surface area contributed by atoms with E-state index >= 15 is 0 Å². The van der Waals surface area contributed by atoms with Gasteiger partial charge < -0.3 is 5.32 Å². The van der Waals surface area contributed by atoms with Crippen molar-refractivity contribution in [2.24, 2.45) is 0 Å². The molecule has 0 unspecified atom stereocenters. The van der Waals surface area contributed by atoms with Gasteiger partial charge in [0.2, 0.25) is 10.0 Å². The van der Waals surface area contributed by atoms with Crippen LogP contribution in [0.1, 0.15) is 35.3 Å². The van der Waals surface area contributed by atoms with E-state index in [0.717, 1.165) is 5.56 Å². The lowest BCUT2D eigenvalue weighted by Gasteiger charge is -2.18. The summed E-state index contributed by atoms with van der Waals surface area (Å²) in [5, 5.41) is 3.56. The number of benzene rings is 2. The molecule has 2 aromatic rings. The molecule has 1 N–H and O–H groups in total. The van der Waals surface area contributed by atoms with E-state index < -0.39 is 10.0 Å². The Labute approximate surface area is 152 Å². The van der Waals surface area contributed by atoms with Crippen LogP contribution in [0.5, 0.6) is 0 Å². The molecule has 132 valence electrons. The number of hydrogen-bond donors (Lipinski definition) is 1. The predicted octanol–water partition coefficient (Wildman–Crippen LogP) is 3.37. The summed E-state index contributed by atoms with van der Waals surface area (Å²) < 4.78 is 25.5. The number of halogens is 1. The van der Waals surface area contributed by atoms with Gasteiger partial charge in [0, 0.05) is 17.1 Å². The summed E-state index contributed by atoms with van der Waals surface area (Å²) in [6.07, 6.45) is 0.604. The average Bonchev–Trinajstić information content (AvgIpc) is 2.94. The summed E-state index contributed by atoms with van der Waals surface area (Å²) in [6, 6.07) is 13.8. The van der Waals surface area contributed by atoms with Crippen molar-refractivity contribution < 1.29 is 13.2 Å². The van der Waals surface area contributed by atoms with Crippen LogP contribution in [-0.2, 0) is 10.0 Å². The zero-order chi connectivity index (χ0) is 18.0. The van der Waals surface area contributed by atoms with Gasteiger partial charge in [0.25, 0.3) is 5.91 Å². The second kappa shape index (κ2) is 7.06. The molecule has 1 amide bonds. The van der Waals surface area contributed by atoms with Crippen LogP contribution >= 0.6 is 11.6 Å². The maximum absolute atomic E-state index is 12.5. The van der Waals surface area contributed by atoms with Crippen molar-refractivity contribution >= 4 is 33.2 Å². The molecule has 0 saturated carbocycles. The third-order valence-corrected chi connectivity index (χ3v) is 6.33. The molecule has 1 atom stereocenters. The molecule has 2 aromatic carbocycles. The Morgan fingerprint density at radius 2 is 1.92 bits per heavy atom. The molecular weight excluding hydrogens is 360 g/mol.